The van der Waals surface area contributed by atoms with Gasteiger partial charge in [-0.2, -0.15) is 0 Å². The van der Waals surface area contributed by atoms with Crippen LogP contribution in [-0.4, -0.2) is 39.9 Å². The van der Waals surface area contributed by atoms with Crippen molar-refractivity contribution in [3.63, 3.8) is 0 Å². The van der Waals surface area contributed by atoms with Crippen LogP contribution in [0.2, 0.25) is 0 Å². The molecule has 0 aliphatic carbocycles. The number of H-pyrrole nitrogens is 1. The van der Waals surface area contributed by atoms with Gasteiger partial charge < -0.3 is 16.0 Å². The topological polar surface area (TPSA) is 91.2 Å². The molecule has 7 heteroatoms. The molecule has 2 aromatic carbocycles. The lowest BCUT2D eigenvalue weighted by Crippen LogP contribution is -2.27. The molecular weight excluding hydrogens is 408 g/mol. The second-order valence-corrected chi connectivity index (χ2v) is 9.29. The Hall–Kier alpha value is -2.77. The summed E-state index contributed by atoms with van der Waals surface area (Å²) in [5.74, 6) is 0.975. The van der Waals surface area contributed by atoms with E-state index >= 15 is 0 Å². The van der Waals surface area contributed by atoms with Gasteiger partial charge in [-0.05, 0) is 59.7 Å². The number of carbonyl (C=O) groups excluding carboxylic acids is 2. The zero-order chi connectivity index (χ0) is 22.0. The highest BCUT2D eigenvalue weighted by atomic mass is 32.2. The minimum atomic E-state index is -0.451. The molecule has 0 radical (unpaired) electrons. The number of rotatable bonds is 6. The summed E-state index contributed by atoms with van der Waals surface area (Å²) in [4.78, 5) is 27.0. The van der Waals surface area contributed by atoms with Crippen LogP contribution in [0.25, 0.3) is 22.0 Å². The number of carbonyl (C=O) groups is 2. The van der Waals surface area contributed by atoms with Gasteiger partial charge >= 0.3 is 0 Å². The third-order valence-corrected chi connectivity index (χ3v) is 6.80. The number of aromatic amines is 1. The van der Waals surface area contributed by atoms with E-state index in [1.165, 1.54) is 12.5 Å². The normalized spacial score (nSPS) is 15.3. The van der Waals surface area contributed by atoms with E-state index in [1.54, 1.807) is 0 Å². The summed E-state index contributed by atoms with van der Waals surface area (Å²) in [5, 5.41) is 3.87. The lowest BCUT2D eigenvalue weighted by atomic mass is 9.88. The van der Waals surface area contributed by atoms with Gasteiger partial charge in [0.1, 0.15) is 0 Å². The highest BCUT2D eigenvalue weighted by Gasteiger charge is 2.24. The Balaban J connectivity index is 1.74. The van der Waals surface area contributed by atoms with Gasteiger partial charge in [0, 0.05) is 43.0 Å². The third kappa shape index (κ3) is 4.62. The number of nitrogens with one attached hydrogen (secondary N) is 2. The molecule has 0 spiro atoms. The SMILES string of the molecule is CCSN1CCC(c2c[nH]c3c(C(N)=O)cc(-c4cccc(NC(C)=O)c4)cc23)CC1. The van der Waals surface area contributed by atoms with Crippen LogP contribution in [0.1, 0.15) is 48.5 Å². The molecule has 1 aliphatic rings. The standard InChI is InChI=1S/C24H28N4O2S/c1-3-31-28-9-7-16(8-10-28)22-14-26-23-20(22)12-18(13-21(23)24(25)30)17-5-4-6-19(11-17)27-15(2)29/h4-6,11-14,16,26H,3,7-10H2,1-2H3,(H2,25,30)(H,27,29). The first kappa shape index (κ1) is 21.5. The quantitative estimate of drug-likeness (QED) is 0.487. The first-order chi connectivity index (χ1) is 15.0. The highest BCUT2D eigenvalue weighted by molar-refractivity contribution is 7.96. The molecule has 0 saturated carbocycles. The van der Waals surface area contributed by atoms with Crippen molar-refractivity contribution in [2.75, 3.05) is 24.2 Å². The molecule has 4 N–H and O–H groups in total. The Labute approximate surface area is 186 Å². The van der Waals surface area contributed by atoms with Gasteiger partial charge in [-0.1, -0.05) is 31.0 Å². The first-order valence-corrected chi connectivity index (χ1v) is 11.6. The van der Waals surface area contributed by atoms with Gasteiger partial charge in [0.15, 0.2) is 0 Å². The van der Waals surface area contributed by atoms with Gasteiger partial charge in [-0.3, -0.25) is 13.9 Å². The van der Waals surface area contributed by atoms with Gasteiger partial charge in [0.2, 0.25) is 5.91 Å². The number of aromatic nitrogens is 1. The minimum Gasteiger partial charge on any atom is -0.366 e. The smallest absolute Gasteiger partial charge is 0.250 e. The maximum atomic E-state index is 12.2. The average molecular weight is 437 g/mol. The fourth-order valence-electron chi connectivity index (χ4n) is 4.41. The summed E-state index contributed by atoms with van der Waals surface area (Å²) in [5.41, 5.74) is 10.8. The van der Waals surface area contributed by atoms with Crippen LogP contribution in [-0.2, 0) is 4.79 Å². The molecular formula is C24H28N4O2S. The van der Waals surface area contributed by atoms with Crippen molar-refractivity contribution in [1.29, 1.82) is 0 Å². The molecule has 0 bridgehead atoms. The van der Waals surface area contributed by atoms with Crippen LogP contribution in [0.4, 0.5) is 5.69 Å². The van der Waals surface area contributed by atoms with Crippen molar-refractivity contribution in [2.24, 2.45) is 5.73 Å². The van der Waals surface area contributed by atoms with E-state index in [2.05, 4.69) is 27.6 Å². The molecule has 31 heavy (non-hydrogen) atoms. The number of piperidine rings is 1. The van der Waals surface area contributed by atoms with Crippen LogP contribution in [0.15, 0.2) is 42.6 Å². The molecule has 3 aromatic rings. The van der Waals surface area contributed by atoms with E-state index in [0.29, 0.717) is 11.5 Å². The first-order valence-electron chi connectivity index (χ1n) is 10.7. The molecule has 0 unspecified atom stereocenters. The lowest BCUT2D eigenvalue weighted by molar-refractivity contribution is -0.114. The van der Waals surface area contributed by atoms with Crippen molar-refractivity contribution in [3.8, 4) is 11.1 Å². The van der Waals surface area contributed by atoms with Gasteiger partial charge in [0.05, 0.1) is 11.1 Å². The predicted molar refractivity (Wildman–Crippen MR) is 128 cm³/mol. The third-order valence-electron chi connectivity index (χ3n) is 5.81. The largest absolute Gasteiger partial charge is 0.366 e. The number of fused-ring (bicyclic) bond motifs is 1. The van der Waals surface area contributed by atoms with Crippen LogP contribution >= 0.6 is 11.9 Å². The Morgan fingerprint density at radius 1 is 1.19 bits per heavy atom. The molecule has 2 amide bonds. The number of nitrogens with two attached hydrogens (primary N) is 1. The number of nitrogens with zero attached hydrogens (tertiary/aromatic N) is 1. The predicted octanol–water partition coefficient (Wildman–Crippen LogP) is 4.74. The van der Waals surface area contributed by atoms with Gasteiger partial charge in [-0.25, -0.2) is 0 Å². The monoisotopic (exact) mass is 436 g/mol. The number of benzene rings is 2. The lowest BCUT2D eigenvalue weighted by Gasteiger charge is -2.30. The van der Waals surface area contributed by atoms with E-state index in [-0.39, 0.29) is 5.91 Å². The summed E-state index contributed by atoms with van der Waals surface area (Å²) in [7, 11) is 0. The Bertz CT molecular complexity index is 1120. The molecule has 162 valence electrons. The molecule has 4 rings (SSSR count). The Kier molecular flexibility index (Phi) is 6.34. The van der Waals surface area contributed by atoms with Crippen LogP contribution in [0.3, 0.4) is 0 Å². The molecule has 0 atom stereocenters. The van der Waals surface area contributed by atoms with E-state index in [1.807, 2.05) is 48.5 Å². The van der Waals surface area contributed by atoms with E-state index < -0.39 is 5.91 Å². The molecule has 2 heterocycles. The summed E-state index contributed by atoms with van der Waals surface area (Å²) in [6.45, 7) is 5.80. The summed E-state index contributed by atoms with van der Waals surface area (Å²) in [6.07, 6.45) is 4.23. The minimum absolute atomic E-state index is 0.120. The molecule has 1 fully saturated rings. The number of amides is 2. The van der Waals surface area contributed by atoms with Crippen molar-refractivity contribution < 1.29 is 9.59 Å². The van der Waals surface area contributed by atoms with Crippen molar-refractivity contribution >= 4 is 40.4 Å². The maximum Gasteiger partial charge on any atom is 0.250 e. The zero-order valence-electron chi connectivity index (χ0n) is 17.9. The second-order valence-electron chi connectivity index (χ2n) is 7.94. The zero-order valence-corrected chi connectivity index (χ0v) is 18.7. The van der Waals surface area contributed by atoms with E-state index in [4.69, 9.17) is 5.73 Å². The van der Waals surface area contributed by atoms with Crippen LogP contribution < -0.4 is 11.1 Å². The van der Waals surface area contributed by atoms with Gasteiger partial charge in [-0.15, -0.1) is 0 Å². The van der Waals surface area contributed by atoms with Crippen molar-refractivity contribution in [2.45, 2.75) is 32.6 Å². The number of primary amides is 1. The fourth-order valence-corrected chi connectivity index (χ4v) is 5.24. The maximum absolute atomic E-state index is 12.2. The molecule has 1 aliphatic heterocycles. The highest BCUT2D eigenvalue weighted by Crippen LogP contribution is 2.38. The van der Waals surface area contributed by atoms with Crippen LogP contribution in [0.5, 0.6) is 0 Å². The van der Waals surface area contributed by atoms with Crippen LogP contribution in [0, 0.1) is 0 Å². The fraction of sp³-hybridized carbons (Fsp3) is 0.333. The summed E-state index contributed by atoms with van der Waals surface area (Å²) in [6, 6.07) is 11.6. The summed E-state index contributed by atoms with van der Waals surface area (Å²) >= 11 is 1.90. The number of hydrogen-bond acceptors (Lipinski definition) is 4. The molecule has 1 aromatic heterocycles. The van der Waals surface area contributed by atoms with Gasteiger partial charge in [0.25, 0.3) is 5.91 Å². The molecule has 6 nitrogen and oxygen atoms in total. The average Bonchev–Trinajstić information content (AvgIpc) is 3.17. The Morgan fingerprint density at radius 3 is 2.65 bits per heavy atom. The second kappa shape index (κ2) is 9.16. The Morgan fingerprint density at radius 2 is 1.97 bits per heavy atom. The van der Waals surface area contributed by atoms with E-state index in [0.717, 1.165) is 59.4 Å². The number of anilines is 1. The van der Waals surface area contributed by atoms with Crippen molar-refractivity contribution in [3.05, 3.63) is 53.7 Å². The number of hydrogen-bond donors (Lipinski definition) is 3. The molecule has 1 saturated heterocycles. The van der Waals surface area contributed by atoms with Crippen molar-refractivity contribution in [1.82, 2.24) is 9.29 Å². The van der Waals surface area contributed by atoms with E-state index in [9.17, 15) is 9.59 Å². The summed E-state index contributed by atoms with van der Waals surface area (Å²) < 4.78 is 2.44.